The Labute approximate surface area is 157 Å². The van der Waals surface area contributed by atoms with Crippen LogP contribution in [0.3, 0.4) is 0 Å². The van der Waals surface area contributed by atoms with Crippen LogP contribution in [0.25, 0.3) is 0 Å². The van der Waals surface area contributed by atoms with Gasteiger partial charge in [0, 0.05) is 36.8 Å². The van der Waals surface area contributed by atoms with Crippen molar-refractivity contribution in [3.05, 3.63) is 52.3 Å². The third-order valence-corrected chi connectivity index (χ3v) is 6.05. The lowest BCUT2D eigenvalue weighted by Crippen LogP contribution is -2.57. The van der Waals surface area contributed by atoms with E-state index in [0.717, 1.165) is 38.0 Å². The standard InChI is InChI=1S/C19H22ClFN4O/c1-2-25-8-5-16-17(23-12-22-16)19(25)6-9-24(10-7-19)18(26)14-4-3-13(20)11-15(14)21/h3-4,11-12H,2,5-10H2,1H3,(H,22,23). The third kappa shape index (κ3) is 2.72. The fourth-order valence-corrected chi connectivity index (χ4v) is 4.61. The minimum Gasteiger partial charge on any atom is -0.348 e. The van der Waals surface area contributed by atoms with Gasteiger partial charge in [-0.1, -0.05) is 18.5 Å². The molecule has 7 heteroatoms. The monoisotopic (exact) mass is 376 g/mol. The van der Waals surface area contributed by atoms with Crippen molar-refractivity contribution in [1.29, 1.82) is 0 Å². The number of benzene rings is 1. The molecule has 1 N–H and O–H groups in total. The number of likely N-dealkylation sites (N-methyl/N-ethyl adjacent to an activating group) is 1. The van der Waals surface area contributed by atoms with Crippen LogP contribution in [0.15, 0.2) is 24.5 Å². The van der Waals surface area contributed by atoms with Crippen LogP contribution in [0.5, 0.6) is 0 Å². The van der Waals surface area contributed by atoms with E-state index in [1.165, 1.54) is 17.8 Å². The van der Waals surface area contributed by atoms with Gasteiger partial charge in [-0.05, 0) is 37.6 Å². The first-order chi connectivity index (χ1) is 12.5. The number of carbonyl (C=O) groups excluding carboxylic acids is 1. The minimum absolute atomic E-state index is 0.0850. The van der Waals surface area contributed by atoms with Gasteiger partial charge in [0.2, 0.25) is 0 Å². The molecule has 1 aromatic heterocycles. The molecule has 0 saturated carbocycles. The van der Waals surface area contributed by atoms with Crippen molar-refractivity contribution in [1.82, 2.24) is 19.8 Å². The molecule has 138 valence electrons. The van der Waals surface area contributed by atoms with Crippen molar-refractivity contribution >= 4 is 17.5 Å². The van der Waals surface area contributed by atoms with Crippen LogP contribution in [0, 0.1) is 5.82 Å². The molecule has 1 fully saturated rings. The predicted octanol–water partition coefficient (Wildman–Crippen LogP) is 3.21. The van der Waals surface area contributed by atoms with Crippen LogP contribution in [0.4, 0.5) is 4.39 Å². The summed E-state index contributed by atoms with van der Waals surface area (Å²) < 4.78 is 14.1. The number of hydrogen-bond donors (Lipinski definition) is 1. The maximum atomic E-state index is 14.1. The van der Waals surface area contributed by atoms with Gasteiger partial charge < -0.3 is 9.88 Å². The van der Waals surface area contributed by atoms with E-state index in [-0.39, 0.29) is 17.0 Å². The Balaban J connectivity index is 1.56. The number of aromatic amines is 1. The fourth-order valence-electron chi connectivity index (χ4n) is 4.45. The smallest absolute Gasteiger partial charge is 0.256 e. The number of halogens is 2. The molecular formula is C19H22ClFN4O. The first kappa shape index (κ1) is 17.5. The summed E-state index contributed by atoms with van der Waals surface area (Å²) in [6.07, 6.45) is 4.36. The first-order valence-corrected chi connectivity index (χ1v) is 9.45. The van der Waals surface area contributed by atoms with Gasteiger partial charge in [0.15, 0.2) is 0 Å². The summed E-state index contributed by atoms with van der Waals surface area (Å²) >= 11 is 5.79. The lowest BCUT2D eigenvalue weighted by atomic mass is 9.78. The topological polar surface area (TPSA) is 52.2 Å². The highest BCUT2D eigenvalue weighted by Crippen LogP contribution is 2.42. The van der Waals surface area contributed by atoms with Gasteiger partial charge in [0.25, 0.3) is 5.91 Å². The van der Waals surface area contributed by atoms with E-state index in [1.807, 2.05) is 0 Å². The molecule has 4 rings (SSSR count). The van der Waals surface area contributed by atoms with Crippen molar-refractivity contribution < 1.29 is 9.18 Å². The normalized spacial score (nSPS) is 19.6. The van der Waals surface area contributed by atoms with E-state index in [0.29, 0.717) is 18.1 Å². The number of fused-ring (bicyclic) bond motifs is 2. The molecule has 1 amide bonds. The van der Waals surface area contributed by atoms with Gasteiger partial charge in [-0.15, -0.1) is 0 Å². The van der Waals surface area contributed by atoms with Crippen LogP contribution < -0.4 is 0 Å². The zero-order valence-electron chi connectivity index (χ0n) is 14.8. The average Bonchev–Trinajstić information content (AvgIpc) is 3.12. The zero-order chi connectivity index (χ0) is 18.3. The predicted molar refractivity (Wildman–Crippen MR) is 97.8 cm³/mol. The molecule has 5 nitrogen and oxygen atoms in total. The Bertz CT molecular complexity index is 829. The van der Waals surface area contributed by atoms with Crippen molar-refractivity contribution in [2.75, 3.05) is 26.2 Å². The van der Waals surface area contributed by atoms with E-state index in [4.69, 9.17) is 11.6 Å². The summed E-state index contributed by atoms with van der Waals surface area (Å²) in [4.78, 5) is 24.8. The fraction of sp³-hybridized carbons (Fsp3) is 0.474. The number of imidazole rings is 1. The highest BCUT2D eigenvalue weighted by Gasteiger charge is 2.46. The SMILES string of the molecule is CCN1CCc2[nH]cnc2C12CCN(C(=O)c1ccc(Cl)cc1F)CC2. The Kier molecular flexibility index (Phi) is 4.49. The van der Waals surface area contributed by atoms with Crippen LogP contribution in [-0.2, 0) is 12.0 Å². The quantitative estimate of drug-likeness (QED) is 0.875. The third-order valence-electron chi connectivity index (χ3n) is 5.82. The van der Waals surface area contributed by atoms with Crippen molar-refractivity contribution in [3.63, 3.8) is 0 Å². The van der Waals surface area contributed by atoms with Crippen LogP contribution >= 0.6 is 11.6 Å². The molecule has 0 radical (unpaired) electrons. The Morgan fingerprint density at radius 2 is 2.12 bits per heavy atom. The number of amides is 1. The molecule has 2 aliphatic heterocycles. The number of rotatable bonds is 2. The van der Waals surface area contributed by atoms with Gasteiger partial charge in [0.05, 0.1) is 23.1 Å². The largest absolute Gasteiger partial charge is 0.348 e. The Morgan fingerprint density at radius 1 is 1.35 bits per heavy atom. The molecule has 2 aromatic rings. The first-order valence-electron chi connectivity index (χ1n) is 9.07. The maximum absolute atomic E-state index is 14.1. The number of nitrogens with zero attached hydrogens (tertiary/aromatic N) is 3. The highest BCUT2D eigenvalue weighted by molar-refractivity contribution is 6.30. The Morgan fingerprint density at radius 3 is 2.81 bits per heavy atom. The van der Waals surface area contributed by atoms with E-state index in [2.05, 4.69) is 21.8 Å². The highest BCUT2D eigenvalue weighted by atomic mass is 35.5. The lowest BCUT2D eigenvalue weighted by Gasteiger charge is -2.50. The van der Waals surface area contributed by atoms with E-state index in [9.17, 15) is 9.18 Å². The van der Waals surface area contributed by atoms with Crippen LogP contribution in [0.1, 0.15) is 41.5 Å². The second-order valence-corrected chi connectivity index (χ2v) is 7.44. The van der Waals surface area contributed by atoms with Gasteiger partial charge in [-0.2, -0.15) is 0 Å². The molecule has 2 aliphatic rings. The number of likely N-dealkylation sites (tertiary alicyclic amines) is 1. The van der Waals surface area contributed by atoms with Gasteiger partial charge >= 0.3 is 0 Å². The molecule has 0 aliphatic carbocycles. The van der Waals surface area contributed by atoms with Crippen LogP contribution in [-0.4, -0.2) is 51.9 Å². The van der Waals surface area contributed by atoms with Crippen molar-refractivity contribution in [2.24, 2.45) is 0 Å². The Hall–Kier alpha value is -1.92. The zero-order valence-corrected chi connectivity index (χ0v) is 15.5. The summed E-state index contributed by atoms with van der Waals surface area (Å²) in [7, 11) is 0. The molecule has 0 atom stereocenters. The number of aromatic nitrogens is 2. The molecule has 1 saturated heterocycles. The summed E-state index contributed by atoms with van der Waals surface area (Å²) in [5.41, 5.74) is 2.29. The van der Waals surface area contributed by atoms with Gasteiger partial charge in [-0.3, -0.25) is 9.69 Å². The molecule has 0 unspecified atom stereocenters. The maximum Gasteiger partial charge on any atom is 0.256 e. The second-order valence-electron chi connectivity index (χ2n) is 7.01. The number of piperidine rings is 1. The average molecular weight is 377 g/mol. The lowest BCUT2D eigenvalue weighted by molar-refractivity contribution is 0.0101. The molecule has 26 heavy (non-hydrogen) atoms. The number of nitrogens with one attached hydrogen (secondary N) is 1. The number of H-pyrrole nitrogens is 1. The summed E-state index contributed by atoms with van der Waals surface area (Å²) in [5.74, 6) is -0.833. The number of hydrogen-bond acceptors (Lipinski definition) is 3. The van der Waals surface area contributed by atoms with E-state index >= 15 is 0 Å². The van der Waals surface area contributed by atoms with Crippen molar-refractivity contribution in [2.45, 2.75) is 31.7 Å². The molecular weight excluding hydrogens is 355 g/mol. The molecule has 1 aromatic carbocycles. The van der Waals surface area contributed by atoms with E-state index in [1.54, 1.807) is 17.3 Å². The number of carbonyl (C=O) groups is 1. The van der Waals surface area contributed by atoms with Crippen LogP contribution in [0.2, 0.25) is 5.02 Å². The summed E-state index contributed by atoms with van der Waals surface area (Å²) in [5, 5.41) is 0.295. The second kappa shape index (κ2) is 6.67. The van der Waals surface area contributed by atoms with Crippen molar-refractivity contribution in [3.8, 4) is 0 Å². The molecule has 3 heterocycles. The summed E-state index contributed by atoms with van der Waals surface area (Å²) in [6.45, 7) is 5.28. The molecule has 0 bridgehead atoms. The summed E-state index contributed by atoms with van der Waals surface area (Å²) in [6, 6.07) is 4.21. The van der Waals surface area contributed by atoms with Gasteiger partial charge in [-0.25, -0.2) is 9.37 Å². The van der Waals surface area contributed by atoms with E-state index < -0.39 is 5.82 Å². The molecule has 1 spiro atoms. The minimum atomic E-state index is -0.565. The van der Waals surface area contributed by atoms with Gasteiger partial charge in [0.1, 0.15) is 5.82 Å².